The molecule has 0 fully saturated rings. The van der Waals surface area contributed by atoms with E-state index in [-0.39, 0.29) is 17.4 Å². The van der Waals surface area contributed by atoms with Crippen LogP contribution in [-0.4, -0.2) is 27.2 Å². The van der Waals surface area contributed by atoms with Crippen molar-refractivity contribution in [3.05, 3.63) is 16.2 Å². The van der Waals surface area contributed by atoms with Crippen molar-refractivity contribution in [1.82, 2.24) is 10.2 Å². The average molecular weight is 260 g/mol. The molecule has 0 atom stereocenters. The van der Waals surface area contributed by atoms with Crippen molar-refractivity contribution in [1.29, 1.82) is 0 Å². The number of amides is 1. The molecule has 1 aromatic rings. The topological polar surface area (TPSA) is 92.2 Å². The van der Waals surface area contributed by atoms with Gasteiger partial charge in [-0.3, -0.25) is 4.79 Å². The standard InChI is InChI=1S/C7H6BrN3O3/c1-3(12)9-6-4(8)2-5(7(13)14)10-11-6/h2H,1H3,(H,13,14)(H,9,11,12). The number of carbonyl (C=O) groups is 2. The van der Waals surface area contributed by atoms with Gasteiger partial charge in [0.05, 0.1) is 4.47 Å². The molecule has 0 aliphatic carbocycles. The van der Waals surface area contributed by atoms with E-state index in [0.29, 0.717) is 4.47 Å². The minimum atomic E-state index is -1.17. The van der Waals surface area contributed by atoms with Gasteiger partial charge < -0.3 is 10.4 Å². The Morgan fingerprint density at radius 3 is 2.57 bits per heavy atom. The molecule has 1 amide bonds. The van der Waals surface area contributed by atoms with Gasteiger partial charge in [0.1, 0.15) is 0 Å². The number of hydrogen-bond donors (Lipinski definition) is 2. The van der Waals surface area contributed by atoms with Crippen LogP contribution in [0.4, 0.5) is 5.82 Å². The van der Waals surface area contributed by atoms with Crippen LogP contribution < -0.4 is 5.32 Å². The Labute approximate surface area is 87.5 Å². The molecule has 2 N–H and O–H groups in total. The Hall–Kier alpha value is -1.50. The molecule has 0 unspecified atom stereocenters. The molecule has 1 heterocycles. The predicted molar refractivity (Wildman–Crippen MR) is 51.0 cm³/mol. The summed E-state index contributed by atoms with van der Waals surface area (Å²) in [4.78, 5) is 21.1. The van der Waals surface area contributed by atoms with Crippen molar-refractivity contribution >= 4 is 33.6 Å². The fourth-order valence-electron chi connectivity index (χ4n) is 0.725. The van der Waals surface area contributed by atoms with Crippen LogP contribution in [0.1, 0.15) is 17.4 Å². The molecular formula is C7H6BrN3O3. The zero-order valence-electron chi connectivity index (χ0n) is 7.11. The molecule has 6 nitrogen and oxygen atoms in total. The third kappa shape index (κ3) is 2.49. The van der Waals surface area contributed by atoms with Crippen LogP contribution in [0.5, 0.6) is 0 Å². The lowest BCUT2D eigenvalue weighted by atomic mass is 10.4. The van der Waals surface area contributed by atoms with Crippen LogP contribution in [-0.2, 0) is 4.79 Å². The van der Waals surface area contributed by atoms with E-state index in [1.807, 2.05) is 0 Å². The van der Waals surface area contributed by atoms with Gasteiger partial charge in [0, 0.05) is 6.92 Å². The Kier molecular flexibility index (Phi) is 3.13. The van der Waals surface area contributed by atoms with E-state index in [1.165, 1.54) is 13.0 Å². The zero-order chi connectivity index (χ0) is 10.7. The normalized spacial score (nSPS) is 9.57. The maximum Gasteiger partial charge on any atom is 0.356 e. The van der Waals surface area contributed by atoms with Gasteiger partial charge in [-0.1, -0.05) is 0 Å². The molecule has 0 saturated heterocycles. The summed E-state index contributed by atoms with van der Waals surface area (Å²) in [5, 5.41) is 17.9. The first-order valence-corrected chi connectivity index (χ1v) is 4.34. The van der Waals surface area contributed by atoms with Gasteiger partial charge in [-0.15, -0.1) is 10.2 Å². The second kappa shape index (κ2) is 4.14. The smallest absolute Gasteiger partial charge is 0.356 e. The highest BCUT2D eigenvalue weighted by atomic mass is 79.9. The number of carbonyl (C=O) groups excluding carboxylic acids is 1. The van der Waals surface area contributed by atoms with Crippen molar-refractivity contribution in [3.63, 3.8) is 0 Å². The summed E-state index contributed by atoms with van der Waals surface area (Å²) in [5.41, 5.74) is -0.189. The molecule has 1 rings (SSSR count). The molecule has 0 aliphatic rings. The Balaban J connectivity index is 3.01. The lowest BCUT2D eigenvalue weighted by Gasteiger charge is -2.02. The van der Waals surface area contributed by atoms with E-state index in [2.05, 4.69) is 31.4 Å². The summed E-state index contributed by atoms with van der Waals surface area (Å²) in [6, 6.07) is 1.26. The Morgan fingerprint density at radius 2 is 2.14 bits per heavy atom. The van der Waals surface area contributed by atoms with Crippen LogP contribution >= 0.6 is 15.9 Å². The minimum absolute atomic E-state index is 0.189. The number of nitrogens with one attached hydrogen (secondary N) is 1. The molecule has 74 valence electrons. The largest absolute Gasteiger partial charge is 0.476 e. The lowest BCUT2D eigenvalue weighted by Crippen LogP contribution is -2.11. The van der Waals surface area contributed by atoms with E-state index >= 15 is 0 Å². The van der Waals surface area contributed by atoms with E-state index in [4.69, 9.17) is 5.11 Å². The van der Waals surface area contributed by atoms with E-state index in [1.54, 1.807) is 0 Å². The predicted octanol–water partition coefficient (Wildman–Crippen LogP) is 0.896. The van der Waals surface area contributed by atoms with Gasteiger partial charge >= 0.3 is 5.97 Å². The molecule has 14 heavy (non-hydrogen) atoms. The maximum atomic E-state index is 10.7. The molecule has 0 radical (unpaired) electrons. The molecule has 1 aromatic heterocycles. The van der Waals surface area contributed by atoms with Gasteiger partial charge in [-0.2, -0.15) is 0 Å². The van der Waals surface area contributed by atoms with E-state index in [0.717, 1.165) is 0 Å². The van der Waals surface area contributed by atoms with Crippen molar-refractivity contribution < 1.29 is 14.7 Å². The summed E-state index contributed by atoms with van der Waals surface area (Å²) < 4.78 is 0.375. The highest BCUT2D eigenvalue weighted by Gasteiger charge is 2.10. The quantitative estimate of drug-likeness (QED) is 0.823. The fraction of sp³-hybridized carbons (Fsp3) is 0.143. The first-order chi connectivity index (χ1) is 6.50. The molecule has 0 aromatic carbocycles. The number of aromatic carboxylic acids is 1. The number of carboxylic acid groups (broad SMARTS) is 1. The summed E-state index contributed by atoms with van der Waals surface area (Å²) in [5.74, 6) is -1.28. The number of carboxylic acids is 1. The molecule has 0 aliphatic heterocycles. The first-order valence-electron chi connectivity index (χ1n) is 3.55. The van der Waals surface area contributed by atoms with Crippen LogP contribution in [0.15, 0.2) is 10.5 Å². The van der Waals surface area contributed by atoms with Crippen molar-refractivity contribution in [3.8, 4) is 0 Å². The number of aromatic nitrogens is 2. The molecular weight excluding hydrogens is 254 g/mol. The van der Waals surface area contributed by atoms with Gasteiger partial charge in [-0.05, 0) is 22.0 Å². The second-order valence-corrected chi connectivity index (χ2v) is 3.27. The lowest BCUT2D eigenvalue weighted by molar-refractivity contribution is -0.114. The van der Waals surface area contributed by atoms with Gasteiger partial charge in [0.2, 0.25) is 5.91 Å². The SMILES string of the molecule is CC(=O)Nc1nnc(C(=O)O)cc1Br. The second-order valence-electron chi connectivity index (χ2n) is 2.41. The van der Waals surface area contributed by atoms with Crippen molar-refractivity contribution in [2.75, 3.05) is 5.32 Å². The summed E-state index contributed by atoms with van der Waals surface area (Å²) in [7, 11) is 0. The average Bonchev–Trinajstić information content (AvgIpc) is 2.07. The van der Waals surface area contributed by atoms with Gasteiger partial charge in [0.15, 0.2) is 11.5 Å². The fourth-order valence-corrected chi connectivity index (χ4v) is 1.12. The molecule has 0 saturated carbocycles. The van der Waals surface area contributed by atoms with Crippen LogP contribution in [0.2, 0.25) is 0 Å². The number of nitrogens with zero attached hydrogens (tertiary/aromatic N) is 2. The first kappa shape index (κ1) is 10.6. The zero-order valence-corrected chi connectivity index (χ0v) is 8.70. The van der Waals surface area contributed by atoms with Crippen LogP contribution in [0, 0.1) is 0 Å². The van der Waals surface area contributed by atoms with Crippen molar-refractivity contribution in [2.24, 2.45) is 0 Å². The minimum Gasteiger partial charge on any atom is -0.476 e. The molecule has 0 spiro atoms. The Morgan fingerprint density at radius 1 is 1.50 bits per heavy atom. The number of anilines is 1. The third-order valence-electron chi connectivity index (χ3n) is 1.26. The van der Waals surface area contributed by atoms with Gasteiger partial charge in [-0.25, -0.2) is 4.79 Å². The molecule has 7 heteroatoms. The number of halogens is 1. The third-order valence-corrected chi connectivity index (χ3v) is 1.87. The maximum absolute atomic E-state index is 10.7. The number of rotatable bonds is 2. The highest BCUT2D eigenvalue weighted by molar-refractivity contribution is 9.10. The highest BCUT2D eigenvalue weighted by Crippen LogP contribution is 2.19. The Bertz CT molecular complexity index is 394. The van der Waals surface area contributed by atoms with Crippen LogP contribution in [0.3, 0.4) is 0 Å². The number of hydrogen-bond acceptors (Lipinski definition) is 4. The van der Waals surface area contributed by atoms with Crippen molar-refractivity contribution in [2.45, 2.75) is 6.92 Å². The monoisotopic (exact) mass is 259 g/mol. The summed E-state index contributed by atoms with van der Waals surface area (Å²) in [6.07, 6.45) is 0. The summed E-state index contributed by atoms with van der Waals surface area (Å²) >= 11 is 3.06. The molecule has 0 bridgehead atoms. The summed E-state index contributed by atoms with van der Waals surface area (Å²) in [6.45, 7) is 1.32. The van der Waals surface area contributed by atoms with E-state index < -0.39 is 5.97 Å². The van der Waals surface area contributed by atoms with Gasteiger partial charge in [0.25, 0.3) is 0 Å². The van der Waals surface area contributed by atoms with Crippen LogP contribution in [0.25, 0.3) is 0 Å². The van der Waals surface area contributed by atoms with E-state index in [9.17, 15) is 9.59 Å².